The number of hydrogen-bond acceptors (Lipinski definition) is 3. The lowest BCUT2D eigenvalue weighted by Gasteiger charge is -2.07. The molecule has 24 heavy (non-hydrogen) atoms. The number of nitrogens with one attached hydrogen (secondary N) is 1. The Labute approximate surface area is 150 Å². The minimum atomic E-state index is -0.0776. The summed E-state index contributed by atoms with van der Waals surface area (Å²) in [5.41, 5.74) is 4.33. The first kappa shape index (κ1) is 16.7. The number of halogens is 1. The highest BCUT2D eigenvalue weighted by atomic mass is 35.5. The average molecular weight is 360 g/mol. The summed E-state index contributed by atoms with van der Waals surface area (Å²) in [6, 6.07) is 13.8. The predicted molar refractivity (Wildman–Crippen MR) is 98.4 cm³/mol. The number of carbonyl (C=O) groups is 1. The molecule has 124 valence electrons. The molecule has 0 aliphatic carbocycles. The number of hydrogen-bond donors (Lipinski definition) is 1. The van der Waals surface area contributed by atoms with Crippen molar-refractivity contribution in [2.75, 3.05) is 6.54 Å². The van der Waals surface area contributed by atoms with E-state index in [1.807, 2.05) is 18.5 Å². The third-order valence-corrected chi connectivity index (χ3v) is 4.92. The molecule has 3 aromatic rings. The van der Waals surface area contributed by atoms with Crippen molar-refractivity contribution in [3.05, 3.63) is 68.6 Å². The second kappa shape index (κ2) is 7.20. The van der Waals surface area contributed by atoms with Gasteiger partial charge in [0.25, 0.3) is 5.91 Å². The van der Waals surface area contributed by atoms with Crippen molar-refractivity contribution >= 4 is 28.8 Å². The van der Waals surface area contributed by atoms with E-state index in [1.54, 1.807) is 12.1 Å². The van der Waals surface area contributed by atoms with Crippen LogP contribution in [0.4, 0.5) is 0 Å². The summed E-state index contributed by atoms with van der Waals surface area (Å²) in [7, 11) is 0. The number of amides is 1. The van der Waals surface area contributed by atoms with E-state index < -0.39 is 0 Å². The van der Waals surface area contributed by atoms with E-state index in [2.05, 4.69) is 40.7 Å². The third-order valence-electron chi connectivity index (χ3n) is 3.69. The van der Waals surface area contributed by atoms with E-state index in [4.69, 9.17) is 11.6 Å². The van der Waals surface area contributed by atoms with E-state index in [0.29, 0.717) is 15.8 Å². The van der Waals surface area contributed by atoms with Gasteiger partial charge in [-0.05, 0) is 56.2 Å². The summed E-state index contributed by atoms with van der Waals surface area (Å²) < 4.78 is 2.56. The van der Waals surface area contributed by atoms with Crippen LogP contribution in [0.3, 0.4) is 0 Å². The molecule has 6 heteroatoms. The first-order valence-electron chi connectivity index (χ1n) is 7.69. The Kier molecular flexibility index (Phi) is 5.02. The molecule has 0 aliphatic rings. The molecule has 0 radical (unpaired) electrons. The van der Waals surface area contributed by atoms with Crippen LogP contribution in [-0.2, 0) is 6.42 Å². The normalized spacial score (nSPS) is 10.8. The molecule has 0 bridgehead atoms. The summed E-state index contributed by atoms with van der Waals surface area (Å²) in [6.45, 7) is 4.62. The highest BCUT2D eigenvalue weighted by Gasteiger charge is 2.08. The van der Waals surface area contributed by atoms with E-state index in [-0.39, 0.29) is 5.91 Å². The molecular formula is C18H18ClN3OS. The van der Waals surface area contributed by atoms with Gasteiger partial charge >= 0.3 is 0 Å². The maximum Gasteiger partial charge on any atom is 0.261 e. The van der Waals surface area contributed by atoms with Crippen LogP contribution in [-0.4, -0.2) is 22.2 Å². The molecular weight excluding hydrogens is 342 g/mol. The van der Waals surface area contributed by atoms with Crippen LogP contribution in [0.25, 0.3) is 5.69 Å². The van der Waals surface area contributed by atoms with Crippen molar-refractivity contribution in [3.8, 4) is 5.69 Å². The standard InChI is InChI=1S/C18H18ClN3OS/c1-12-11-13(2)22(21-12)15-5-3-14(4-6-15)9-10-20-18(23)16-7-8-17(19)24-16/h3-8,11H,9-10H2,1-2H3,(H,20,23). The average Bonchev–Trinajstić information content (AvgIpc) is 3.13. The lowest BCUT2D eigenvalue weighted by atomic mass is 10.1. The van der Waals surface area contributed by atoms with Crippen LogP contribution in [0.5, 0.6) is 0 Å². The minimum Gasteiger partial charge on any atom is -0.351 e. The fourth-order valence-corrected chi connectivity index (χ4v) is 3.50. The SMILES string of the molecule is Cc1cc(C)n(-c2ccc(CCNC(=O)c3ccc(Cl)s3)cc2)n1. The number of carbonyl (C=O) groups excluding carboxylic acids is 1. The molecule has 0 atom stereocenters. The van der Waals surface area contributed by atoms with Gasteiger partial charge in [0.2, 0.25) is 0 Å². The Morgan fingerprint density at radius 1 is 1.21 bits per heavy atom. The Bertz CT molecular complexity index is 852. The molecule has 0 fully saturated rings. The Hall–Kier alpha value is -2.11. The van der Waals surface area contributed by atoms with E-state index >= 15 is 0 Å². The van der Waals surface area contributed by atoms with Crippen LogP contribution in [0.1, 0.15) is 26.6 Å². The molecule has 0 unspecified atom stereocenters. The molecule has 2 aromatic heterocycles. The zero-order valence-corrected chi connectivity index (χ0v) is 15.1. The van der Waals surface area contributed by atoms with Crippen LogP contribution in [0, 0.1) is 13.8 Å². The van der Waals surface area contributed by atoms with Crippen LogP contribution >= 0.6 is 22.9 Å². The monoisotopic (exact) mass is 359 g/mol. The van der Waals surface area contributed by atoms with Crippen LogP contribution in [0.15, 0.2) is 42.5 Å². The van der Waals surface area contributed by atoms with Crippen molar-refractivity contribution in [1.29, 1.82) is 0 Å². The van der Waals surface area contributed by atoms with E-state index in [1.165, 1.54) is 16.9 Å². The minimum absolute atomic E-state index is 0.0776. The maximum atomic E-state index is 12.0. The van der Waals surface area contributed by atoms with Crippen molar-refractivity contribution in [2.45, 2.75) is 20.3 Å². The van der Waals surface area contributed by atoms with Gasteiger partial charge in [-0.25, -0.2) is 4.68 Å². The summed E-state index contributed by atoms with van der Waals surface area (Å²) in [6.07, 6.45) is 0.780. The lowest BCUT2D eigenvalue weighted by molar-refractivity contribution is 0.0958. The number of aryl methyl sites for hydroxylation is 2. The van der Waals surface area contributed by atoms with Gasteiger partial charge in [0, 0.05) is 12.2 Å². The van der Waals surface area contributed by atoms with Gasteiger partial charge in [-0.2, -0.15) is 5.10 Å². The molecule has 1 N–H and O–H groups in total. The smallest absolute Gasteiger partial charge is 0.261 e. The zero-order chi connectivity index (χ0) is 17.1. The molecule has 2 heterocycles. The number of rotatable bonds is 5. The fourth-order valence-electron chi connectivity index (χ4n) is 2.54. The fraction of sp³-hybridized carbons (Fsp3) is 0.222. The van der Waals surface area contributed by atoms with Crippen molar-refractivity contribution in [1.82, 2.24) is 15.1 Å². The summed E-state index contributed by atoms with van der Waals surface area (Å²) in [5, 5.41) is 7.40. The highest BCUT2D eigenvalue weighted by molar-refractivity contribution is 7.17. The summed E-state index contributed by atoms with van der Waals surface area (Å²) >= 11 is 7.13. The first-order chi connectivity index (χ1) is 11.5. The van der Waals surface area contributed by atoms with Gasteiger partial charge in [-0.15, -0.1) is 11.3 Å². The summed E-state index contributed by atoms with van der Waals surface area (Å²) in [4.78, 5) is 12.6. The van der Waals surface area contributed by atoms with E-state index in [9.17, 15) is 4.79 Å². The van der Waals surface area contributed by atoms with Gasteiger partial charge in [0.05, 0.1) is 20.6 Å². The largest absolute Gasteiger partial charge is 0.351 e. The van der Waals surface area contributed by atoms with Crippen LogP contribution < -0.4 is 5.32 Å². The topological polar surface area (TPSA) is 46.9 Å². The second-order valence-corrected chi connectivity index (χ2v) is 7.33. The van der Waals surface area contributed by atoms with Gasteiger partial charge in [-0.3, -0.25) is 4.79 Å². The first-order valence-corrected chi connectivity index (χ1v) is 8.88. The van der Waals surface area contributed by atoms with E-state index in [0.717, 1.165) is 23.5 Å². The Balaban J connectivity index is 1.57. The van der Waals surface area contributed by atoms with Crippen molar-refractivity contribution < 1.29 is 4.79 Å². The zero-order valence-electron chi connectivity index (χ0n) is 13.5. The van der Waals surface area contributed by atoms with Gasteiger partial charge in [-0.1, -0.05) is 23.7 Å². The molecule has 3 rings (SSSR count). The quantitative estimate of drug-likeness (QED) is 0.743. The van der Waals surface area contributed by atoms with Gasteiger partial charge < -0.3 is 5.32 Å². The molecule has 0 spiro atoms. The predicted octanol–water partition coefficient (Wildman–Crippen LogP) is 4.18. The lowest BCUT2D eigenvalue weighted by Crippen LogP contribution is -2.24. The van der Waals surface area contributed by atoms with Crippen LogP contribution in [0.2, 0.25) is 4.34 Å². The summed E-state index contributed by atoms with van der Waals surface area (Å²) in [5.74, 6) is -0.0776. The molecule has 1 aromatic carbocycles. The Morgan fingerprint density at radius 2 is 1.96 bits per heavy atom. The maximum absolute atomic E-state index is 12.0. The second-order valence-electron chi connectivity index (χ2n) is 5.62. The van der Waals surface area contributed by atoms with Crippen molar-refractivity contribution in [2.24, 2.45) is 0 Å². The Morgan fingerprint density at radius 3 is 2.54 bits per heavy atom. The molecule has 1 amide bonds. The highest BCUT2D eigenvalue weighted by Crippen LogP contribution is 2.21. The number of nitrogens with zero attached hydrogens (tertiary/aromatic N) is 2. The van der Waals surface area contributed by atoms with Crippen molar-refractivity contribution in [3.63, 3.8) is 0 Å². The van der Waals surface area contributed by atoms with Gasteiger partial charge in [0.1, 0.15) is 0 Å². The third kappa shape index (κ3) is 3.86. The number of aromatic nitrogens is 2. The van der Waals surface area contributed by atoms with Gasteiger partial charge in [0.15, 0.2) is 0 Å². The number of thiophene rings is 1. The number of benzene rings is 1. The molecule has 0 saturated heterocycles. The molecule has 0 saturated carbocycles. The molecule has 0 aliphatic heterocycles. The molecule has 4 nitrogen and oxygen atoms in total.